The lowest BCUT2D eigenvalue weighted by atomic mass is 9.83. The van der Waals surface area contributed by atoms with Gasteiger partial charge in [0.2, 0.25) is 0 Å². The highest BCUT2D eigenvalue weighted by Crippen LogP contribution is 2.50. The van der Waals surface area contributed by atoms with Crippen molar-refractivity contribution in [2.24, 2.45) is 17.1 Å². The molecule has 1 saturated carbocycles. The third-order valence-electron chi connectivity index (χ3n) is 5.35. The smallest absolute Gasteiger partial charge is 0.0362 e. The van der Waals surface area contributed by atoms with Crippen LogP contribution in [0.3, 0.4) is 0 Å². The molecular formula is C17H30N2S. The highest BCUT2D eigenvalue weighted by Gasteiger charge is 2.50. The quantitative estimate of drug-likeness (QED) is 0.896. The first-order valence-corrected chi connectivity index (χ1v) is 8.64. The summed E-state index contributed by atoms with van der Waals surface area (Å²) in [5.41, 5.74) is 6.83. The lowest BCUT2D eigenvalue weighted by molar-refractivity contribution is 0.0514. The largest absolute Gasteiger partial charge is 0.329 e. The van der Waals surface area contributed by atoms with Gasteiger partial charge in [0, 0.05) is 23.0 Å². The van der Waals surface area contributed by atoms with E-state index in [0.29, 0.717) is 17.4 Å². The number of likely N-dealkylation sites (N-methyl/N-ethyl adjacent to an activating group) is 1. The average Bonchev–Trinajstić information content (AvgIpc) is 2.94. The van der Waals surface area contributed by atoms with E-state index in [1.807, 2.05) is 11.3 Å². The minimum atomic E-state index is 0.167. The Morgan fingerprint density at radius 2 is 2.20 bits per heavy atom. The fourth-order valence-electron chi connectivity index (χ4n) is 4.28. The molecule has 1 fully saturated rings. The maximum atomic E-state index is 6.25. The molecular weight excluding hydrogens is 264 g/mol. The van der Waals surface area contributed by atoms with Crippen molar-refractivity contribution in [3.8, 4) is 0 Å². The first-order chi connectivity index (χ1) is 9.31. The molecule has 0 aromatic carbocycles. The maximum Gasteiger partial charge on any atom is 0.0362 e. The van der Waals surface area contributed by atoms with Gasteiger partial charge in [0.15, 0.2) is 0 Å². The van der Waals surface area contributed by atoms with Gasteiger partial charge in [-0.2, -0.15) is 0 Å². The van der Waals surface area contributed by atoms with Gasteiger partial charge in [0.25, 0.3) is 0 Å². The fourth-order valence-corrected chi connectivity index (χ4v) is 5.11. The van der Waals surface area contributed by atoms with Gasteiger partial charge in [-0.15, -0.1) is 11.3 Å². The van der Waals surface area contributed by atoms with Crippen LogP contribution in [0.2, 0.25) is 0 Å². The first-order valence-electron chi connectivity index (χ1n) is 7.76. The van der Waals surface area contributed by atoms with Crippen molar-refractivity contribution in [2.45, 2.75) is 58.5 Å². The number of hydrogen-bond acceptors (Lipinski definition) is 3. The summed E-state index contributed by atoms with van der Waals surface area (Å²) in [5, 5.41) is 2.17. The lowest BCUT2D eigenvalue weighted by Gasteiger charge is -2.45. The van der Waals surface area contributed by atoms with E-state index < -0.39 is 0 Å². The van der Waals surface area contributed by atoms with Crippen molar-refractivity contribution in [2.75, 3.05) is 13.6 Å². The standard InChI is InChI=1S/C17H30N2S/c1-13-10-16(3,4)11-17(13,12-18)19(5)14(2)9-15-7-6-8-20-15/h6-8,13-14H,9-12,18H2,1-5H3. The van der Waals surface area contributed by atoms with Gasteiger partial charge in [-0.3, -0.25) is 4.90 Å². The van der Waals surface area contributed by atoms with Crippen LogP contribution in [0.5, 0.6) is 0 Å². The van der Waals surface area contributed by atoms with Crippen LogP contribution >= 0.6 is 11.3 Å². The molecule has 1 heterocycles. The number of rotatable bonds is 5. The van der Waals surface area contributed by atoms with Crippen molar-refractivity contribution in [1.82, 2.24) is 4.90 Å². The van der Waals surface area contributed by atoms with Crippen LogP contribution in [0.4, 0.5) is 0 Å². The predicted octanol–water partition coefficient (Wildman–Crippen LogP) is 3.76. The molecule has 0 aliphatic heterocycles. The molecule has 1 aromatic rings. The molecule has 3 unspecified atom stereocenters. The second-order valence-electron chi connectivity index (χ2n) is 7.50. The Morgan fingerprint density at radius 3 is 2.65 bits per heavy atom. The molecule has 1 aliphatic carbocycles. The molecule has 2 rings (SSSR count). The molecule has 1 aromatic heterocycles. The van der Waals surface area contributed by atoms with Crippen LogP contribution in [0, 0.1) is 11.3 Å². The third kappa shape index (κ3) is 2.95. The van der Waals surface area contributed by atoms with Crippen LogP contribution in [0.25, 0.3) is 0 Å². The number of thiophene rings is 1. The minimum Gasteiger partial charge on any atom is -0.329 e. The topological polar surface area (TPSA) is 29.3 Å². The monoisotopic (exact) mass is 294 g/mol. The van der Waals surface area contributed by atoms with Crippen molar-refractivity contribution in [1.29, 1.82) is 0 Å². The van der Waals surface area contributed by atoms with Crippen LogP contribution < -0.4 is 5.73 Å². The normalized spacial score (nSPS) is 30.9. The van der Waals surface area contributed by atoms with E-state index in [4.69, 9.17) is 5.73 Å². The van der Waals surface area contributed by atoms with Crippen molar-refractivity contribution >= 4 is 11.3 Å². The Hall–Kier alpha value is -0.380. The van der Waals surface area contributed by atoms with E-state index in [0.717, 1.165) is 13.0 Å². The van der Waals surface area contributed by atoms with Crippen molar-refractivity contribution < 1.29 is 0 Å². The van der Waals surface area contributed by atoms with Crippen molar-refractivity contribution in [3.05, 3.63) is 22.4 Å². The molecule has 3 heteroatoms. The summed E-state index contributed by atoms with van der Waals surface area (Å²) in [6.45, 7) is 10.3. The second kappa shape index (κ2) is 5.78. The zero-order valence-electron chi connectivity index (χ0n) is 13.6. The van der Waals surface area contributed by atoms with Gasteiger partial charge in [-0.05, 0) is 56.0 Å². The van der Waals surface area contributed by atoms with E-state index in [2.05, 4.69) is 57.2 Å². The Labute approximate surface area is 128 Å². The molecule has 0 amide bonds. The van der Waals surface area contributed by atoms with Gasteiger partial charge in [0.05, 0.1) is 0 Å². The number of nitrogens with two attached hydrogens (primary N) is 1. The van der Waals surface area contributed by atoms with Crippen LogP contribution in [0.15, 0.2) is 17.5 Å². The van der Waals surface area contributed by atoms with Gasteiger partial charge >= 0.3 is 0 Å². The highest BCUT2D eigenvalue weighted by atomic mass is 32.1. The van der Waals surface area contributed by atoms with Crippen molar-refractivity contribution in [3.63, 3.8) is 0 Å². The summed E-state index contributed by atoms with van der Waals surface area (Å²) < 4.78 is 0. The highest BCUT2D eigenvalue weighted by molar-refractivity contribution is 7.09. The second-order valence-corrected chi connectivity index (χ2v) is 8.53. The van der Waals surface area contributed by atoms with E-state index >= 15 is 0 Å². The minimum absolute atomic E-state index is 0.167. The van der Waals surface area contributed by atoms with E-state index in [1.54, 1.807) is 0 Å². The van der Waals surface area contributed by atoms with Crippen LogP contribution in [0.1, 0.15) is 45.4 Å². The number of nitrogens with zero attached hydrogens (tertiary/aromatic N) is 1. The molecule has 2 N–H and O–H groups in total. The molecule has 3 atom stereocenters. The molecule has 0 radical (unpaired) electrons. The van der Waals surface area contributed by atoms with Crippen LogP contribution in [-0.2, 0) is 6.42 Å². The Kier molecular flexibility index (Phi) is 4.63. The molecule has 114 valence electrons. The SMILES string of the molecule is CC(Cc1cccs1)N(C)C1(CN)CC(C)(C)CC1C. The van der Waals surface area contributed by atoms with E-state index in [-0.39, 0.29) is 5.54 Å². The zero-order chi connectivity index (χ0) is 15.0. The third-order valence-corrected chi connectivity index (χ3v) is 6.25. The molecule has 0 saturated heterocycles. The molecule has 2 nitrogen and oxygen atoms in total. The summed E-state index contributed by atoms with van der Waals surface area (Å²) >= 11 is 1.86. The fraction of sp³-hybridized carbons (Fsp3) is 0.765. The summed E-state index contributed by atoms with van der Waals surface area (Å²) in [7, 11) is 2.28. The van der Waals surface area contributed by atoms with Crippen LogP contribution in [-0.4, -0.2) is 30.1 Å². The molecule has 1 aliphatic rings. The molecule has 0 spiro atoms. The van der Waals surface area contributed by atoms with Gasteiger partial charge in [-0.1, -0.05) is 26.8 Å². The Bertz CT molecular complexity index is 426. The Morgan fingerprint density at radius 1 is 1.50 bits per heavy atom. The summed E-state index contributed by atoms with van der Waals surface area (Å²) in [6, 6.07) is 4.92. The summed E-state index contributed by atoms with van der Waals surface area (Å²) in [6.07, 6.45) is 3.62. The Balaban J connectivity index is 2.14. The summed E-state index contributed by atoms with van der Waals surface area (Å²) in [5.74, 6) is 0.665. The first kappa shape index (κ1) is 16.0. The molecule has 20 heavy (non-hydrogen) atoms. The predicted molar refractivity (Wildman–Crippen MR) is 89.2 cm³/mol. The maximum absolute atomic E-state index is 6.25. The average molecular weight is 295 g/mol. The zero-order valence-corrected chi connectivity index (χ0v) is 14.5. The number of hydrogen-bond donors (Lipinski definition) is 1. The van der Waals surface area contributed by atoms with Gasteiger partial charge in [-0.25, -0.2) is 0 Å². The van der Waals surface area contributed by atoms with E-state index in [9.17, 15) is 0 Å². The summed E-state index contributed by atoms with van der Waals surface area (Å²) in [4.78, 5) is 4.05. The van der Waals surface area contributed by atoms with E-state index in [1.165, 1.54) is 17.7 Å². The van der Waals surface area contributed by atoms with Gasteiger partial charge in [0.1, 0.15) is 0 Å². The molecule has 0 bridgehead atoms. The lowest BCUT2D eigenvalue weighted by Crippen LogP contribution is -2.57. The van der Waals surface area contributed by atoms with Gasteiger partial charge < -0.3 is 5.73 Å².